The number of amides is 2. The van der Waals surface area contributed by atoms with Gasteiger partial charge in [0.05, 0.1) is 17.9 Å². The molecule has 0 bridgehead atoms. The zero-order valence-corrected chi connectivity index (χ0v) is 26.7. The number of hydrogen-bond donors (Lipinski definition) is 3. The Kier molecular flexibility index (Phi) is 10.7. The molecule has 0 saturated heterocycles. The molecule has 3 N–H and O–H groups in total. The summed E-state index contributed by atoms with van der Waals surface area (Å²) >= 11 is 3.48. The van der Waals surface area contributed by atoms with Crippen LogP contribution in [0.1, 0.15) is 54.0 Å². The van der Waals surface area contributed by atoms with Gasteiger partial charge in [-0.3, -0.25) is 19.1 Å². The fourth-order valence-electron chi connectivity index (χ4n) is 4.88. The van der Waals surface area contributed by atoms with Crippen molar-refractivity contribution in [1.82, 2.24) is 19.8 Å². The molecule has 1 heterocycles. The third-order valence-corrected chi connectivity index (χ3v) is 9.10. The lowest BCUT2D eigenvalue weighted by molar-refractivity contribution is -0.137. The molecule has 2 amide bonds. The second-order valence-electron chi connectivity index (χ2n) is 10.3. The number of nitrogens with one attached hydrogen (secondary N) is 2. The highest BCUT2D eigenvalue weighted by Crippen LogP contribution is 2.28. The van der Waals surface area contributed by atoms with E-state index in [1.165, 1.54) is 6.07 Å². The molecule has 4 aromatic rings. The van der Waals surface area contributed by atoms with Gasteiger partial charge in [-0.1, -0.05) is 89.9 Å². The van der Waals surface area contributed by atoms with Gasteiger partial charge in [0.25, 0.3) is 15.9 Å². The van der Waals surface area contributed by atoms with Crippen LogP contribution < -0.4 is 10.0 Å². The Balaban J connectivity index is 1.54. The summed E-state index contributed by atoms with van der Waals surface area (Å²) in [6.45, 7) is 3.54. The van der Waals surface area contributed by atoms with Crippen LogP contribution in [0.25, 0.3) is 11.1 Å². The maximum atomic E-state index is 13.2. The number of carboxylic acid groups (broad SMARTS) is 1. The first-order chi connectivity index (χ1) is 21.0. The molecule has 10 nitrogen and oxygen atoms in total. The van der Waals surface area contributed by atoms with Crippen molar-refractivity contribution in [3.05, 3.63) is 106 Å². The Morgan fingerprint density at radius 1 is 1.00 bits per heavy atom. The zero-order chi connectivity index (χ0) is 31.9. The minimum absolute atomic E-state index is 0.00302. The highest BCUT2D eigenvalue weighted by Gasteiger charge is 2.22. The maximum Gasteiger partial charge on any atom is 0.305 e. The molecule has 0 aliphatic rings. The van der Waals surface area contributed by atoms with Gasteiger partial charge in [-0.2, -0.15) is 5.10 Å². The summed E-state index contributed by atoms with van der Waals surface area (Å²) in [6.07, 6.45) is 1.61. The SMILES string of the molecule is CCCc1cc(C(=O)N[C@@H](CC(=O)O)Cc2ccccc2Br)nn1Cc1ccc(-c2ccccc2S(=O)(=O)NC(C)=O)cc1. The molecule has 0 radical (unpaired) electrons. The molecule has 44 heavy (non-hydrogen) atoms. The highest BCUT2D eigenvalue weighted by molar-refractivity contribution is 9.10. The molecule has 1 aromatic heterocycles. The normalized spacial score (nSPS) is 12.0. The van der Waals surface area contributed by atoms with E-state index in [1.54, 1.807) is 41.1 Å². The molecule has 0 spiro atoms. The minimum atomic E-state index is -4.04. The van der Waals surface area contributed by atoms with Gasteiger partial charge in [0, 0.05) is 28.7 Å². The van der Waals surface area contributed by atoms with Gasteiger partial charge < -0.3 is 10.4 Å². The maximum absolute atomic E-state index is 13.2. The van der Waals surface area contributed by atoms with Crippen LogP contribution in [0.4, 0.5) is 0 Å². The first kappa shape index (κ1) is 32.6. The topological polar surface area (TPSA) is 147 Å². The van der Waals surface area contributed by atoms with Crippen molar-refractivity contribution in [1.29, 1.82) is 0 Å². The van der Waals surface area contributed by atoms with Gasteiger partial charge in [0.1, 0.15) is 5.69 Å². The number of aromatic nitrogens is 2. The number of carboxylic acids is 1. The number of aryl methyl sites for hydroxylation is 1. The van der Waals surface area contributed by atoms with E-state index in [1.807, 2.05) is 48.0 Å². The third kappa shape index (κ3) is 8.42. The lowest BCUT2D eigenvalue weighted by Crippen LogP contribution is -2.38. The van der Waals surface area contributed by atoms with Gasteiger partial charge >= 0.3 is 5.97 Å². The number of halogens is 1. The van der Waals surface area contributed by atoms with Crippen LogP contribution in [0, 0.1) is 0 Å². The highest BCUT2D eigenvalue weighted by atomic mass is 79.9. The second kappa shape index (κ2) is 14.5. The van der Waals surface area contributed by atoms with Crippen LogP contribution in [0.15, 0.2) is 88.2 Å². The number of aliphatic carboxylic acids is 1. The average molecular weight is 682 g/mol. The summed E-state index contributed by atoms with van der Waals surface area (Å²) in [5, 5.41) is 16.9. The Labute approximate surface area is 264 Å². The first-order valence-corrected chi connectivity index (χ1v) is 16.3. The average Bonchev–Trinajstić information content (AvgIpc) is 3.36. The Hall–Kier alpha value is -4.29. The number of carbonyl (C=O) groups is 3. The second-order valence-corrected chi connectivity index (χ2v) is 12.9. The van der Waals surface area contributed by atoms with Crippen molar-refractivity contribution in [2.45, 2.75) is 57.0 Å². The van der Waals surface area contributed by atoms with Crippen LogP contribution in [0.5, 0.6) is 0 Å². The van der Waals surface area contributed by atoms with E-state index in [0.29, 0.717) is 30.5 Å². The standard InChI is InChI=1S/C32H33BrN4O6S/c1-3-8-26-19-29(32(41)34-25(18-31(39)40)17-24-9-4-6-11-28(24)33)35-37(26)20-22-13-15-23(16-14-22)27-10-5-7-12-30(27)44(42,43)36-21(2)38/h4-7,9-16,19,25H,3,8,17-18,20H2,1-2H3,(H,34,41)(H,36,38)(H,39,40)/t25-/m1/s1. The zero-order valence-electron chi connectivity index (χ0n) is 24.3. The summed E-state index contributed by atoms with van der Waals surface area (Å²) in [4.78, 5) is 36.2. The van der Waals surface area contributed by atoms with Crippen molar-refractivity contribution < 1.29 is 27.9 Å². The molecule has 0 fully saturated rings. The lowest BCUT2D eigenvalue weighted by atomic mass is 10.0. The number of benzene rings is 3. The smallest absolute Gasteiger partial charge is 0.305 e. The molecule has 0 unspecified atom stereocenters. The number of hydrogen-bond acceptors (Lipinski definition) is 6. The molecule has 0 aliphatic heterocycles. The van der Waals surface area contributed by atoms with Crippen molar-refractivity contribution in [2.24, 2.45) is 0 Å². The molecule has 1 atom stereocenters. The van der Waals surface area contributed by atoms with Gasteiger partial charge in [-0.15, -0.1) is 0 Å². The van der Waals surface area contributed by atoms with Crippen LogP contribution in [0.3, 0.4) is 0 Å². The minimum Gasteiger partial charge on any atom is -0.481 e. The largest absolute Gasteiger partial charge is 0.481 e. The van der Waals surface area contributed by atoms with E-state index in [-0.39, 0.29) is 17.0 Å². The molecule has 0 saturated carbocycles. The summed E-state index contributed by atoms with van der Waals surface area (Å²) in [6, 6.07) is 22.3. The summed E-state index contributed by atoms with van der Waals surface area (Å²) in [5.74, 6) is -2.14. The van der Waals surface area contributed by atoms with Gasteiger partial charge in [0.2, 0.25) is 5.91 Å². The Morgan fingerprint density at radius 2 is 1.68 bits per heavy atom. The van der Waals surface area contributed by atoms with Crippen LogP contribution >= 0.6 is 15.9 Å². The fraction of sp³-hybridized carbons (Fsp3) is 0.250. The van der Waals surface area contributed by atoms with Gasteiger partial charge in [-0.25, -0.2) is 13.1 Å². The van der Waals surface area contributed by atoms with Crippen molar-refractivity contribution in [3.8, 4) is 11.1 Å². The van der Waals surface area contributed by atoms with E-state index in [0.717, 1.165) is 34.6 Å². The van der Waals surface area contributed by atoms with Gasteiger partial charge in [-0.05, 0) is 47.7 Å². The van der Waals surface area contributed by atoms with Crippen molar-refractivity contribution in [2.75, 3.05) is 0 Å². The van der Waals surface area contributed by atoms with E-state index in [2.05, 4.69) is 26.3 Å². The summed E-state index contributed by atoms with van der Waals surface area (Å²) < 4.78 is 30.0. The Bertz CT molecular complexity index is 1770. The molecule has 4 rings (SSSR count). The summed E-state index contributed by atoms with van der Waals surface area (Å²) in [7, 11) is -4.04. The van der Waals surface area contributed by atoms with E-state index >= 15 is 0 Å². The monoisotopic (exact) mass is 680 g/mol. The number of nitrogens with zero attached hydrogens (tertiary/aromatic N) is 2. The predicted molar refractivity (Wildman–Crippen MR) is 170 cm³/mol. The fourth-order valence-corrected chi connectivity index (χ4v) is 6.55. The first-order valence-electron chi connectivity index (χ1n) is 14.0. The molecular weight excluding hydrogens is 648 g/mol. The lowest BCUT2D eigenvalue weighted by Gasteiger charge is -2.17. The van der Waals surface area contributed by atoms with Crippen molar-refractivity contribution in [3.63, 3.8) is 0 Å². The Morgan fingerprint density at radius 3 is 2.34 bits per heavy atom. The number of sulfonamides is 1. The molecule has 12 heteroatoms. The van der Waals surface area contributed by atoms with Crippen molar-refractivity contribution >= 4 is 43.7 Å². The molecular formula is C32H33BrN4O6S. The summed E-state index contributed by atoms with van der Waals surface area (Å²) in [5.41, 5.74) is 3.92. The van der Waals surface area contributed by atoms with Crippen LogP contribution in [-0.4, -0.2) is 47.1 Å². The quantitative estimate of drug-likeness (QED) is 0.181. The molecule has 0 aliphatic carbocycles. The predicted octanol–water partition coefficient (Wildman–Crippen LogP) is 4.95. The van der Waals surface area contributed by atoms with Gasteiger partial charge in [0.15, 0.2) is 0 Å². The molecule has 230 valence electrons. The third-order valence-electron chi connectivity index (χ3n) is 6.83. The number of rotatable bonds is 13. The van der Waals surface area contributed by atoms with Crippen LogP contribution in [0.2, 0.25) is 0 Å². The van der Waals surface area contributed by atoms with Crippen LogP contribution in [-0.2, 0) is 39.0 Å². The number of carbonyl (C=O) groups excluding carboxylic acids is 2. The van der Waals surface area contributed by atoms with E-state index < -0.39 is 33.8 Å². The molecule has 3 aromatic carbocycles. The van der Waals surface area contributed by atoms with E-state index in [4.69, 9.17) is 0 Å². The van der Waals surface area contributed by atoms with E-state index in [9.17, 15) is 27.9 Å².